The minimum absolute atomic E-state index is 0.644. The van der Waals surface area contributed by atoms with E-state index in [1.165, 1.54) is 0 Å². The molecule has 0 aliphatic heterocycles. The number of H-pyrrole nitrogens is 1. The number of halogens is 1. The summed E-state index contributed by atoms with van der Waals surface area (Å²) in [4.78, 5) is 2.93. The highest BCUT2D eigenvalue weighted by molar-refractivity contribution is 6.18. The summed E-state index contributed by atoms with van der Waals surface area (Å²) in [5.41, 5.74) is 1.09. The second-order valence-corrected chi connectivity index (χ2v) is 2.09. The summed E-state index contributed by atoms with van der Waals surface area (Å²) in [5, 5.41) is 3.11. The smallest absolute Gasteiger partial charge is 0.0518 e. The van der Waals surface area contributed by atoms with Crippen LogP contribution in [-0.4, -0.2) is 17.4 Å². The zero-order chi connectivity index (χ0) is 6.53. The number of alkyl halides is 1. The Morgan fingerprint density at radius 2 is 2.56 bits per heavy atom. The van der Waals surface area contributed by atoms with Crippen LogP contribution >= 0.6 is 11.6 Å². The van der Waals surface area contributed by atoms with E-state index in [0.29, 0.717) is 5.88 Å². The van der Waals surface area contributed by atoms with Gasteiger partial charge in [-0.05, 0) is 6.07 Å². The second kappa shape index (κ2) is 3.41. The van der Waals surface area contributed by atoms with E-state index < -0.39 is 0 Å². The molecule has 1 rings (SSSR count). The summed E-state index contributed by atoms with van der Waals surface area (Å²) < 4.78 is 0. The summed E-state index contributed by atoms with van der Waals surface area (Å²) in [6.45, 7) is 0.819. The van der Waals surface area contributed by atoms with Crippen LogP contribution in [0.2, 0.25) is 0 Å². The summed E-state index contributed by atoms with van der Waals surface area (Å²) in [6.07, 6.45) is 3.77. The quantitative estimate of drug-likeness (QED) is 0.621. The van der Waals surface area contributed by atoms with Crippen molar-refractivity contribution in [3.8, 4) is 0 Å². The van der Waals surface area contributed by atoms with Crippen molar-refractivity contribution in [1.82, 2.24) is 4.98 Å². The summed E-state index contributed by atoms with van der Waals surface area (Å²) in [6, 6.07) is 1.96. The fourth-order valence-electron chi connectivity index (χ4n) is 0.625. The third-order valence-electron chi connectivity index (χ3n) is 1.02. The molecule has 2 nitrogen and oxygen atoms in total. The lowest BCUT2D eigenvalue weighted by atomic mass is 10.5. The van der Waals surface area contributed by atoms with Crippen molar-refractivity contribution >= 4 is 17.3 Å². The maximum atomic E-state index is 5.45. The zero-order valence-corrected chi connectivity index (χ0v) is 5.78. The minimum Gasteiger partial charge on any atom is -0.383 e. The first-order valence-electron chi connectivity index (χ1n) is 2.86. The first kappa shape index (κ1) is 6.49. The van der Waals surface area contributed by atoms with Crippen molar-refractivity contribution in [3.63, 3.8) is 0 Å². The fourth-order valence-corrected chi connectivity index (χ4v) is 0.720. The Balaban J connectivity index is 2.30. The molecule has 1 aromatic heterocycles. The highest BCUT2D eigenvalue weighted by Gasteiger charge is 1.86. The van der Waals surface area contributed by atoms with Gasteiger partial charge in [0.25, 0.3) is 0 Å². The lowest BCUT2D eigenvalue weighted by Gasteiger charge is -1.96. The average Bonchev–Trinajstić information content (AvgIpc) is 2.34. The SMILES string of the molecule is ClCCNc1cc[nH]c1. The summed E-state index contributed by atoms with van der Waals surface area (Å²) in [5.74, 6) is 0.644. The van der Waals surface area contributed by atoms with E-state index in [-0.39, 0.29) is 0 Å². The van der Waals surface area contributed by atoms with Crippen molar-refractivity contribution in [2.45, 2.75) is 0 Å². The minimum atomic E-state index is 0.644. The van der Waals surface area contributed by atoms with E-state index in [0.717, 1.165) is 12.2 Å². The highest BCUT2D eigenvalue weighted by Crippen LogP contribution is 2.01. The molecule has 2 N–H and O–H groups in total. The molecule has 0 aliphatic carbocycles. The zero-order valence-electron chi connectivity index (χ0n) is 5.02. The average molecular weight is 145 g/mol. The van der Waals surface area contributed by atoms with Crippen LogP contribution in [0.3, 0.4) is 0 Å². The van der Waals surface area contributed by atoms with Crippen molar-refractivity contribution in [2.24, 2.45) is 0 Å². The van der Waals surface area contributed by atoms with Crippen LogP contribution in [0.25, 0.3) is 0 Å². The molecular formula is C6H9ClN2. The Bertz CT molecular complexity index is 148. The van der Waals surface area contributed by atoms with Gasteiger partial charge in [0.1, 0.15) is 0 Å². The van der Waals surface area contributed by atoms with E-state index in [4.69, 9.17) is 11.6 Å². The predicted molar refractivity (Wildman–Crippen MR) is 40.0 cm³/mol. The molecule has 0 radical (unpaired) electrons. The van der Waals surface area contributed by atoms with Crippen molar-refractivity contribution < 1.29 is 0 Å². The molecule has 1 heterocycles. The number of hydrogen-bond acceptors (Lipinski definition) is 1. The highest BCUT2D eigenvalue weighted by atomic mass is 35.5. The monoisotopic (exact) mass is 144 g/mol. The Morgan fingerprint density at radius 1 is 1.67 bits per heavy atom. The maximum Gasteiger partial charge on any atom is 0.0518 e. The molecule has 0 amide bonds. The van der Waals surface area contributed by atoms with Gasteiger partial charge in [-0.1, -0.05) is 0 Å². The topological polar surface area (TPSA) is 27.8 Å². The third kappa shape index (κ3) is 1.98. The van der Waals surface area contributed by atoms with E-state index in [1.54, 1.807) is 0 Å². The van der Waals surface area contributed by atoms with Crippen LogP contribution in [0.4, 0.5) is 5.69 Å². The fraction of sp³-hybridized carbons (Fsp3) is 0.333. The number of rotatable bonds is 3. The molecule has 50 valence electrons. The largest absolute Gasteiger partial charge is 0.383 e. The Labute approximate surface area is 59.2 Å². The van der Waals surface area contributed by atoms with E-state index in [9.17, 15) is 0 Å². The van der Waals surface area contributed by atoms with Gasteiger partial charge in [0.2, 0.25) is 0 Å². The Morgan fingerprint density at radius 3 is 3.11 bits per heavy atom. The van der Waals surface area contributed by atoms with Gasteiger partial charge in [0.05, 0.1) is 5.69 Å². The van der Waals surface area contributed by atoms with E-state index in [2.05, 4.69) is 10.3 Å². The van der Waals surface area contributed by atoms with Gasteiger partial charge in [-0.2, -0.15) is 0 Å². The standard InChI is InChI=1S/C6H9ClN2/c7-2-4-9-6-1-3-8-5-6/h1,3,5,8-9H,2,4H2. The van der Waals surface area contributed by atoms with Crippen molar-refractivity contribution in [2.75, 3.05) is 17.7 Å². The van der Waals surface area contributed by atoms with Crippen LogP contribution < -0.4 is 5.32 Å². The molecule has 3 heteroatoms. The molecule has 0 fully saturated rings. The first-order chi connectivity index (χ1) is 4.43. The number of nitrogens with one attached hydrogen (secondary N) is 2. The molecule has 0 saturated carbocycles. The number of hydrogen-bond donors (Lipinski definition) is 2. The molecule has 0 saturated heterocycles. The second-order valence-electron chi connectivity index (χ2n) is 1.72. The normalized spacial score (nSPS) is 9.44. The molecule has 0 aromatic carbocycles. The Kier molecular flexibility index (Phi) is 2.46. The van der Waals surface area contributed by atoms with Gasteiger partial charge >= 0.3 is 0 Å². The molecule has 0 unspecified atom stereocenters. The predicted octanol–water partition coefficient (Wildman–Crippen LogP) is 1.67. The van der Waals surface area contributed by atoms with Crippen LogP contribution in [0.15, 0.2) is 18.5 Å². The molecule has 0 spiro atoms. The molecule has 9 heavy (non-hydrogen) atoms. The van der Waals surface area contributed by atoms with Gasteiger partial charge in [-0.15, -0.1) is 11.6 Å². The van der Waals surface area contributed by atoms with E-state index >= 15 is 0 Å². The van der Waals surface area contributed by atoms with Gasteiger partial charge in [0, 0.05) is 24.8 Å². The van der Waals surface area contributed by atoms with Gasteiger partial charge in [0.15, 0.2) is 0 Å². The van der Waals surface area contributed by atoms with Gasteiger partial charge in [-0.3, -0.25) is 0 Å². The lowest BCUT2D eigenvalue weighted by Crippen LogP contribution is -2.00. The molecule has 0 bridgehead atoms. The number of aromatic amines is 1. The van der Waals surface area contributed by atoms with Crippen molar-refractivity contribution in [1.29, 1.82) is 0 Å². The van der Waals surface area contributed by atoms with Crippen molar-refractivity contribution in [3.05, 3.63) is 18.5 Å². The van der Waals surface area contributed by atoms with Crippen LogP contribution in [0, 0.1) is 0 Å². The number of aromatic nitrogens is 1. The van der Waals surface area contributed by atoms with Crippen LogP contribution in [-0.2, 0) is 0 Å². The summed E-state index contributed by atoms with van der Waals surface area (Å²) >= 11 is 5.45. The maximum absolute atomic E-state index is 5.45. The molecular weight excluding hydrogens is 136 g/mol. The third-order valence-corrected chi connectivity index (χ3v) is 1.21. The Hall–Kier alpha value is -0.630. The van der Waals surface area contributed by atoms with Gasteiger partial charge < -0.3 is 10.3 Å². The first-order valence-corrected chi connectivity index (χ1v) is 3.39. The lowest BCUT2D eigenvalue weighted by molar-refractivity contribution is 1.22. The van der Waals surface area contributed by atoms with Crippen LogP contribution in [0.1, 0.15) is 0 Å². The van der Waals surface area contributed by atoms with E-state index in [1.807, 2.05) is 18.5 Å². The number of anilines is 1. The van der Waals surface area contributed by atoms with Crippen LogP contribution in [0.5, 0.6) is 0 Å². The summed E-state index contributed by atoms with van der Waals surface area (Å²) in [7, 11) is 0. The van der Waals surface area contributed by atoms with Gasteiger partial charge in [-0.25, -0.2) is 0 Å². The molecule has 1 aromatic rings. The molecule has 0 atom stereocenters. The molecule has 0 aliphatic rings.